The summed E-state index contributed by atoms with van der Waals surface area (Å²) in [6, 6.07) is 21.4. The van der Waals surface area contributed by atoms with E-state index in [0.29, 0.717) is 20.8 Å². The number of rotatable bonds is 4. The number of hydrogen-bond acceptors (Lipinski definition) is 4. The summed E-state index contributed by atoms with van der Waals surface area (Å²) >= 11 is 8.82. The molecule has 0 aromatic heterocycles. The third-order valence-electron chi connectivity index (χ3n) is 3.94. The van der Waals surface area contributed by atoms with Crippen LogP contribution in [0.25, 0.3) is 6.08 Å². The monoisotopic (exact) mass is 440 g/mol. The van der Waals surface area contributed by atoms with E-state index < -0.39 is 0 Å². The fourth-order valence-corrected chi connectivity index (χ4v) is 4.32. The van der Waals surface area contributed by atoms with Crippen LogP contribution >= 0.6 is 35.1 Å². The molecule has 1 aliphatic rings. The second-order valence-electron chi connectivity index (χ2n) is 6.08. The van der Waals surface area contributed by atoms with Gasteiger partial charge in [-0.05, 0) is 84.1 Å². The van der Waals surface area contributed by atoms with Gasteiger partial charge in [-0.2, -0.15) is 0 Å². The number of thioether (sulfide) groups is 1. The van der Waals surface area contributed by atoms with E-state index in [1.807, 2.05) is 54.6 Å². The van der Waals surface area contributed by atoms with Crippen LogP contribution in [0.4, 0.5) is 10.1 Å². The maximum atomic E-state index is 13.0. The van der Waals surface area contributed by atoms with E-state index in [1.165, 1.54) is 23.9 Å². The Morgan fingerprint density at radius 3 is 2.21 bits per heavy atom. The van der Waals surface area contributed by atoms with Crippen LogP contribution in [-0.4, -0.2) is 11.1 Å². The summed E-state index contributed by atoms with van der Waals surface area (Å²) in [5.41, 5.74) is 1.50. The summed E-state index contributed by atoms with van der Waals surface area (Å²) in [5.74, 6) is -0.522. The Balaban J connectivity index is 1.45. The lowest BCUT2D eigenvalue weighted by molar-refractivity contribution is -0.115. The fraction of sp³-hybridized carbons (Fsp3) is 0. The van der Waals surface area contributed by atoms with Gasteiger partial charge in [0.05, 0.1) is 10.6 Å². The zero-order chi connectivity index (χ0) is 20.2. The molecule has 3 aromatic rings. The molecule has 1 heterocycles. The van der Waals surface area contributed by atoms with Crippen molar-refractivity contribution in [2.75, 3.05) is 0 Å². The van der Waals surface area contributed by atoms with Crippen molar-refractivity contribution in [2.45, 2.75) is 9.79 Å². The third-order valence-corrected chi connectivity index (χ3v) is 6.11. The summed E-state index contributed by atoms with van der Waals surface area (Å²) < 4.78 is 13.0. The molecule has 0 aliphatic carbocycles. The maximum absolute atomic E-state index is 13.0. The van der Waals surface area contributed by atoms with Crippen LogP contribution in [0, 0.1) is 5.82 Å². The molecule has 0 spiro atoms. The highest BCUT2D eigenvalue weighted by atomic mass is 35.5. The van der Waals surface area contributed by atoms with Crippen LogP contribution in [0.2, 0.25) is 5.02 Å². The van der Waals surface area contributed by atoms with Crippen molar-refractivity contribution in [2.24, 2.45) is 4.99 Å². The SMILES string of the molecule is O=C1NC(=Nc2ccc(F)cc2)S/C1=C/c1ccc(Sc2ccc(Cl)cc2)cc1. The first-order valence-electron chi connectivity index (χ1n) is 8.64. The van der Waals surface area contributed by atoms with Gasteiger partial charge in [-0.25, -0.2) is 9.38 Å². The van der Waals surface area contributed by atoms with Gasteiger partial charge in [-0.15, -0.1) is 0 Å². The van der Waals surface area contributed by atoms with Gasteiger partial charge in [0.2, 0.25) is 0 Å². The molecule has 3 nitrogen and oxygen atoms in total. The number of benzene rings is 3. The Bertz CT molecular complexity index is 1100. The van der Waals surface area contributed by atoms with E-state index in [0.717, 1.165) is 15.4 Å². The topological polar surface area (TPSA) is 41.5 Å². The zero-order valence-corrected chi connectivity index (χ0v) is 17.3. The number of amides is 1. The van der Waals surface area contributed by atoms with E-state index >= 15 is 0 Å². The highest BCUT2D eigenvalue weighted by Gasteiger charge is 2.23. The minimum Gasteiger partial charge on any atom is -0.300 e. The van der Waals surface area contributed by atoms with Crippen molar-refractivity contribution in [1.82, 2.24) is 5.32 Å². The van der Waals surface area contributed by atoms with Gasteiger partial charge < -0.3 is 5.32 Å². The molecule has 1 N–H and O–H groups in total. The van der Waals surface area contributed by atoms with Crippen molar-refractivity contribution in [3.8, 4) is 0 Å². The van der Waals surface area contributed by atoms with Gasteiger partial charge in [-0.3, -0.25) is 4.79 Å². The summed E-state index contributed by atoms with van der Waals surface area (Å²) in [7, 11) is 0. The smallest absolute Gasteiger partial charge is 0.264 e. The quantitative estimate of drug-likeness (QED) is 0.469. The first-order valence-corrected chi connectivity index (χ1v) is 10.6. The molecule has 144 valence electrons. The maximum Gasteiger partial charge on any atom is 0.264 e. The van der Waals surface area contributed by atoms with Crippen LogP contribution in [0.3, 0.4) is 0 Å². The van der Waals surface area contributed by atoms with Crippen LogP contribution < -0.4 is 5.32 Å². The number of nitrogens with one attached hydrogen (secondary N) is 1. The standard InChI is InChI=1S/C22H14ClFN2OS2/c23-15-3-11-19(12-4-15)28-18-9-1-14(2-10-18)13-20-21(27)26-22(29-20)25-17-7-5-16(24)6-8-17/h1-13H,(H,25,26,27)/b20-13+. The molecule has 1 amide bonds. The van der Waals surface area contributed by atoms with Gasteiger partial charge in [0.1, 0.15) is 5.82 Å². The van der Waals surface area contributed by atoms with Gasteiger partial charge in [0.25, 0.3) is 5.91 Å². The van der Waals surface area contributed by atoms with Gasteiger partial charge in [0, 0.05) is 14.8 Å². The largest absolute Gasteiger partial charge is 0.300 e. The van der Waals surface area contributed by atoms with Crippen LogP contribution in [0.15, 0.2) is 92.5 Å². The summed E-state index contributed by atoms with van der Waals surface area (Å²) in [5, 5.41) is 3.92. The summed E-state index contributed by atoms with van der Waals surface area (Å²) in [4.78, 5) is 19.3. The van der Waals surface area contributed by atoms with Crippen LogP contribution in [-0.2, 0) is 4.79 Å². The average molecular weight is 441 g/mol. The molecule has 1 saturated heterocycles. The number of halogens is 2. The number of aliphatic imine (C=N–C) groups is 1. The molecule has 0 radical (unpaired) electrons. The van der Waals surface area contributed by atoms with E-state index in [9.17, 15) is 9.18 Å². The highest BCUT2D eigenvalue weighted by Crippen LogP contribution is 2.31. The Morgan fingerprint density at radius 1 is 0.931 bits per heavy atom. The number of carbonyl (C=O) groups is 1. The van der Waals surface area contributed by atoms with Crippen molar-refractivity contribution in [1.29, 1.82) is 0 Å². The molecule has 0 unspecified atom stereocenters. The van der Waals surface area contributed by atoms with Gasteiger partial charge in [-0.1, -0.05) is 35.5 Å². The van der Waals surface area contributed by atoms with E-state index in [4.69, 9.17) is 11.6 Å². The van der Waals surface area contributed by atoms with Crippen molar-refractivity contribution in [3.63, 3.8) is 0 Å². The van der Waals surface area contributed by atoms with Crippen LogP contribution in [0.1, 0.15) is 5.56 Å². The molecule has 0 saturated carbocycles. The lowest BCUT2D eigenvalue weighted by Crippen LogP contribution is -2.19. The van der Waals surface area contributed by atoms with Crippen LogP contribution in [0.5, 0.6) is 0 Å². The Labute approximate surface area is 181 Å². The molecular weight excluding hydrogens is 427 g/mol. The normalized spacial score (nSPS) is 16.4. The molecule has 4 rings (SSSR count). The summed E-state index contributed by atoms with van der Waals surface area (Å²) in [6.45, 7) is 0. The van der Waals surface area contributed by atoms with Crippen molar-refractivity contribution in [3.05, 3.63) is 94.1 Å². The lowest BCUT2D eigenvalue weighted by Gasteiger charge is -2.03. The molecular formula is C22H14ClFN2OS2. The number of carbonyl (C=O) groups excluding carboxylic acids is 1. The molecule has 3 aromatic carbocycles. The van der Waals surface area contributed by atoms with E-state index in [2.05, 4.69) is 10.3 Å². The molecule has 1 aliphatic heterocycles. The molecule has 1 fully saturated rings. The second-order valence-corrected chi connectivity index (χ2v) is 8.70. The minimum atomic E-state index is -0.324. The van der Waals surface area contributed by atoms with E-state index in [1.54, 1.807) is 23.9 Å². The first kappa shape index (κ1) is 19.8. The molecule has 0 bridgehead atoms. The Kier molecular flexibility index (Phi) is 6.04. The first-order chi connectivity index (χ1) is 14.0. The fourth-order valence-electron chi connectivity index (χ4n) is 2.54. The second kappa shape index (κ2) is 8.86. The summed E-state index contributed by atoms with van der Waals surface area (Å²) in [6.07, 6.45) is 1.82. The van der Waals surface area contributed by atoms with Gasteiger partial charge >= 0.3 is 0 Å². The van der Waals surface area contributed by atoms with Crippen molar-refractivity contribution < 1.29 is 9.18 Å². The lowest BCUT2D eigenvalue weighted by atomic mass is 10.2. The minimum absolute atomic E-state index is 0.199. The van der Waals surface area contributed by atoms with E-state index in [-0.39, 0.29) is 11.7 Å². The van der Waals surface area contributed by atoms with Crippen molar-refractivity contribution >= 4 is 58.0 Å². The molecule has 29 heavy (non-hydrogen) atoms. The predicted molar refractivity (Wildman–Crippen MR) is 119 cm³/mol. The van der Waals surface area contributed by atoms with Gasteiger partial charge in [0.15, 0.2) is 5.17 Å². The number of amidine groups is 1. The molecule has 0 atom stereocenters. The molecule has 7 heteroatoms. The Hall–Kier alpha value is -2.54. The predicted octanol–water partition coefficient (Wildman–Crippen LogP) is 6.52. The average Bonchev–Trinajstić information content (AvgIpc) is 3.06. The Morgan fingerprint density at radius 2 is 1.55 bits per heavy atom. The number of hydrogen-bond donors (Lipinski definition) is 1. The highest BCUT2D eigenvalue weighted by molar-refractivity contribution is 8.18. The number of nitrogens with zero attached hydrogens (tertiary/aromatic N) is 1. The zero-order valence-electron chi connectivity index (χ0n) is 14.9. The third kappa shape index (κ3) is 5.29.